The smallest absolute Gasteiger partial charge is 0.406 e. The van der Waals surface area contributed by atoms with Gasteiger partial charge in [0.2, 0.25) is 5.91 Å². The third-order valence-electron chi connectivity index (χ3n) is 6.58. The van der Waals surface area contributed by atoms with Crippen LogP contribution in [-0.2, 0) is 11.2 Å². The van der Waals surface area contributed by atoms with Gasteiger partial charge in [0.25, 0.3) is 0 Å². The lowest BCUT2D eigenvalue weighted by Crippen LogP contribution is -2.32. The Labute approximate surface area is 256 Å². The fourth-order valence-corrected chi connectivity index (χ4v) is 5.68. The van der Waals surface area contributed by atoms with E-state index in [4.69, 9.17) is 12.2 Å². The molecule has 3 aromatic carbocycles. The number of hydrogen-bond acceptors (Lipinski definition) is 6. The van der Waals surface area contributed by atoms with Crippen LogP contribution < -0.4 is 15.0 Å². The molecule has 0 aliphatic carbocycles. The number of amides is 1. The summed E-state index contributed by atoms with van der Waals surface area (Å²) in [6, 6.07) is 19.2. The van der Waals surface area contributed by atoms with Gasteiger partial charge in [-0.05, 0) is 79.9 Å². The number of thiocarbonyl (C=S) groups is 1. The van der Waals surface area contributed by atoms with Crippen molar-refractivity contribution in [2.45, 2.75) is 33.1 Å². The first-order valence-corrected chi connectivity index (χ1v) is 14.7. The van der Waals surface area contributed by atoms with Crippen LogP contribution in [0.25, 0.3) is 17.1 Å². The lowest BCUT2D eigenvalue weighted by atomic mass is 10.1. The molecule has 1 saturated heterocycles. The number of amidine groups is 1. The van der Waals surface area contributed by atoms with Crippen molar-refractivity contribution < 1.29 is 22.7 Å². The molecule has 5 rings (SSSR count). The molecular weight excluding hydrogens is 597 g/mol. The fourth-order valence-electron chi connectivity index (χ4n) is 4.58. The molecule has 1 fully saturated rings. The number of nitrogens with one attached hydrogen (secondary N) is 1. The quantitative estimate of drug-likeness (QED) is 0.180. The standard InChI is InChI=1S/C30H27F3N6O2S2/c1-19-5-3-6-20(2)26(19)39-25(40)17-43-29(39)36-28(42)34-16-4-7-21-8-10-22(11-9-21)27-35-18-38(37-27)23-12-14-24(15-13-23)41-30(31,32)33/h3,5-6,8-15,18H,4,7,16-17H2,1-2H3,(H,34,42). The van der Waals surface area contributed by atoms with E-state index in [1.54, 1.807) is 4.90 Å². The second kappa shape index (κ2) is 13.0. The lowest BCUT2D eigenvalue weighted by Gasteiger charge is -2.21. The third kappa shape index (κ3) is 7.59. The molecule has 8 nitrogen and oxygen atoms in total. The Kier molecular flexibility index (Phi) is 9.11. The van der Waals surface area contributed by atoms with Crippen LogP contribution in [0.3, 0.4) is 0 Å². The Morgan fingerprint density at radius 3 is 2.44 bits per heavy atom. The predicted octanol–water partition coefficient (Wildman–Crippen LogP) is 6.39. The van der Waals surface area contributed by atoms with Crippen LogP contribution >= 0.6 is 24.0 Å². The Bertz CT molecular complexity index is 1630. The van der Waals surface area contributed by atoms with E-state index in [0.29, 0.717) is 34.1 Å². The normalized spacial score (nSPS) is 14.4. The zero-order valence-electron chi connectivity index (χ0n) is 23.3. The number of anilines is 1. The van der Waals surface area contributed by atoms with E-state index in [1.165, 1.54) is 47.0 Å². The maximum absolute atomic E-state index is 12.6. The summed E-state index contributed by atoms with van der Waals surface area (Å²) in [6.45, 7) is 4.58. The molecule has 1 aliphatic rings. The van der Waals surface area contributed by atoms with Gasteiger partial charge in [-0.1, -0.05) is 54.2 Å². The summed E-state index contributed by atoms with van der Waals surface area (Å²) < 4.78 is 42.6. The van der Waals surface area contributed by atoms with Gasteiger partial charge in [0, 0.05) is 12.1 Å². The number of hydrogen-bond donors (Lipinski definition) is 1. The van der Waals surface area contributed by atoms with Crippen LogP contribution in [0, 0.1) is 13.8 Å². The van der Waals surface area contributed by atoms with Crippen molar-refractivity contribution >= 4 is 45.9 Å². The molecule has 1 aromatic heterocycles. The molecule has 1 N–H and O–H groups in total. The molecule has 1 amide bonds. The Morgan fingerprint density at radius 1 is 1.07 bits per heavy atom. The topological polar surface area (TPSA) is 84.6 Å². The summed E-state index contributed by atoms with van der Waals surface area (Å²) in [5.41, 5.74) is 5.36. The van der Waals surface area contributed by atoms with Gasteiger partial charge in [0.1, 0.15) is 12.1 Å². The summed E-state index contributed by atoms with van der Waals surface area (Å²) >= 11 is 6.83. The number of thioether (sulfide) groups is 1. The van der Waals surface area contributed by atoms with Gasteiger partial charge in [-0.15, -0.1) is 18.3 Å². The first kappa shape index (κ1) is 30.2. The number of ether oxygens (including phenoxy) is 1. The Hall–Kier alpha value is -4.23. The van der Waals surface area contributed by atoms with Crippen molar-refractivity contribution in [1.82, 2.24) is 20.1 Å². The third-order valence-corrected chi connectivity index (χ3v) is 7.74. The van der Waals surface area contributed by atoms with Gasteiger partial charge in [-0.3, -0.25) is 9.69 Å². The second-order valence-corrected chi connectivity index (χ2v) is 11.1. The highest BCUT2D eigenvalue weighted by Crippen LogP contribution is 2.32. The molecule has 4 aromatic rings. The van der Waals surface area contributed by atoms with Gasteiger partial charge < -0.3 is 10.1 Å². The zero-order chi connectivity index (χ0) is 30.6. The summed E-state index contributed by atoms with van der Waals surface area (Å²) in [4.78, 5) is 23.2. The SMILES string of the molecule is Cc1cccc(C)c1N1C(=O)CSC1=NC(=S)NCCCc1ccc(-c2ncn(-c3ccc(OC(F)(F)F)cc3)n2)cc1. The van der Waals surface area contributed by atoms with E-state index in [-0.39, 0.29) is 11.7 Å². The number of carbonyl (C=O) groups excluding carboxylic acids is 1. The van der Waals surface area contributed by atoms with E-state index >= 15 is 0 Å². The number of rotatable bonds is 8. The number of aromatic nitrogens is 3. The number of aryl methyl sites for hydroxylation is 3. The highest BCUT2D eigenvalue weighted by Gasteiger charge is 2.32. The van der Waals surface area contributed by atoms with Gasteiger partial charge in [-0.25, -0.2) is 9.67 Å². The van der Waals surface area contributed by atoms with Crippen molar-refractivity contribution in [3.63, 3.8) is 0 Å². The van der Waals surface area contributed by atoms with Gasteiger partial charge in [-0.2, -0.15) is 4.99 Å². The second-order valence-electron chi connectivity index (χ2n) is 9.74. The fraction of sp³-hybridized carbons (Fsp3) is 0.233. The van der Waals surface area contributed by atoms with Crippen molar-refractivity contribution in [2.75, 3.05) is 17.2 Å². The van der Waals surface area contributed by atoms with Crippen LogP contribution in [0.1, 0.15) is 23.1 Å². The van der Waals surface area contributed by atoms with E-state index in [1.807, 2.05) is 56.3 Å². The molecule has 0 saturated carbocycles. The molecule has 0 unspecified atom stereocenters. The molecule has 0 bridgehead atoms. The van der Waals surface area contributed by atoms with Gasteiger partial charge in [0.15, 0.2) is 16.1 Å². The molecule has 43 heavy (non-hydrogen) atoms. The van der Waals surface area contributed by atoms with E-state index in [9.17, 15) is 18.0 Å². The van der Waals surface area contributed by atoms with Crippen molar-refractivity contribution in [2.24, 2.45) is 4.99 Å². The first-order valence-electron chi connectivity index (χ1n) is 13.3. The van der Waals surface area contributed by atoms with Crippen LogP contribution in [0.5, 0.6) is 5.75 Å². The minimum Gasteiger partial charge on any atom is -0.406 e. The van der Waals surface area contributed by atoms with Crippen molar-refractivity contribution in [3.05, 3.63) is 89.7 Å². The van der Waals surface area contributed by atoms with Crippen molar-refractivity contribution in [1.29, 1.82) is 0 Å². The largest absolute Gasteiger partial charge is 0.573 e. The van der Waals surface area contributed by atoms with Crippen LogP contribution in [0.4, 0.5) is 18.9 Å². The average Bonchev–Trinajstić information content (AvgIpc) is 3.59. The summed E-state index contributed by atoms with van der Waals surface area (Å²) in [7, 11) is 0. The molecule has 2 heterocycles. The maximum atomic E-state index is 12.6. The maximum Gasteiger partial charge on any atom is 0.573 e. The Balaban J connectivity index is 1.12. The number of benzene rings is 3. The molecule has 13 heteroatoms. The Morgan fingerprint density at radius 2 is 1.77 bits per heavy atom. The minimum atomic E-state index is -4.74. The zero-order valence-corrected chi connectivity index (χ0v) is 24.9. The minimum absolute atomic E-state index is 0.0111. The average molecular weight is 625 g/mol. The predicted molar refractivity (Wildman–Crippen MR) is 166 cm³/mol. The van der Waals surface area contributed by atoms with E-state index in [0.717, 1.165) is 40.8 Å². The lowest BCUT2D eigenvalue weighted by molar-refractivity contribution is -0.274. The molecule has 222 valence electrons. The number of nitrogens with zero attached hydrogens (tertiary/aromatic N) is 5. The van der Waals surface area contributed by atoms with Crippen LogP contribution in [0.2, 0.25) is 0 Å². The highest BCUT2D eigenvalue weighted by molar-refractivity contribution is 8.15. The van der Waals surface area contributed by atoms with Crippen LogP contribution in [-0.4, -0.2) is 49.6 Å². The van der Waals surface area contributed by atoms with E-state index < -0.39 is 6.36 Å². The van der Waals surface area contributed by atoms with Gasteiger partial charge >= 0.3 is 6.36 Å². The number of aliphatic imine (C=N–C) groups is 1. The summed E-state index contributed by atoms with van der Waals surface area (Å²) in [5.74, 6) is 0.505. The van der Waals surface area contributed by atoms with E-state index in [2.05, 4.69) is 25.1 Å². The number of carbonyl (C=O) groups is 1. The molecule has 1 aliphatic heterocycles. The van der Waals surface area contributed by atoms with Gasteiger partial charge in [0.05, 0.1) is 17.1 Å². The molecule has 0 atom stereocenters. The van der Waals surface area contributed by atoms with Crippen molar-refractivity contribution in [3.8, 4) is 22.8 Å². The van der Waals surface area contributed by atoms with Crippen LogP contribution in [0.15, 0.2) is 78.0 Å². The monoisotopic (exact) mass is 624 g/mol. The molecular formula is C30H27F3N6O2S2. The molecule has 0 spiro atoms. The number of halogens is 3. The highest BCUT2D eigenvalue weighted by atomic mass is 32.2. The first-order chi connectivity index (χ1) is 20.6. The number of para-hydroxylation sites is 1. The number of alkyl halides is 3. The molecule has 0 radical (unpaired) electrons. The summed E-state index contributed by atoms with van der Waals surface area (Å²) in [6.07, 6.45) is -1.62. The summed E-state index contributed by atoms with van der Waals surface area (Å²) in [5, 5.41) is 8.54.